The van der Waals surface area contributed by atoms with Gasteiger partial charge in [-0.3, -0.25) is 0 Å². The van der Waals surface area contributed by atoms with E-state index in [1.807, 2.05) is 54.3 Å². The predicted octanol–water partition coefficient (Wildman–Crippen LogP) is 4.81. The fraction of sp³-hybridized carbons (Fsp3) is 0.250. The first-order valence-electron chi connectivity index (χ1n) is 8.30. The molecule has 2 aromatic rings. The quantitative estimate of drug-likeness (QED) is 0.516. The van der Waals surface area contributed by atoms with Crippen molar-refractivity contribution in [3.8, 4) is 11.5 Å². The fourth-order valence-corrected chi connectivity index (χ4v) is 2.90. The molecule has 138 valence electrons. The number of benzene rings is 2. The molecule has 0 aliphatic carbocycles. The summed E-state index contributed by atoms with van der Waals surface area (Å²) in [5.74, 6) is 1.48. The minimum absolute atomic E-state index is 0.535. The van der Waals surface area contributed by atoms with Crippen LogP contribution < -0.4 is 19.7 Å². The Hall–Kier alpha value is -2.24. The van der Waals surface area contributed by atoms with Gasteiger partial charge in [-0.25, -0.2) is 0 Å². The highest BCUT2D eigenvalue weighted by Gasteiger charge is 2.14. The van der Waals surface area contributed by atoms with Gasteiger partial charge in [0.05, 0.1) is 25.3 Å². The Morgan fingerprint density at radius 3 is 2.58 bits per heavy atom. The lowest BCUT2D eigenvalue weighted by atomic mass is 10.2. The molecule has 0 amide bonds. The van der Waals surface area contributed by atoms with Crippen molar-refractivity contribution in [2.24, 2.45) is 0 Å². The molecule has 0 aliphatic heterocycles. The van der Waals surface area contributed by atoms with Crippen LogP contribution in [0.15, 0.2) is 55.1 Å². The fourth-order valence-electron chi connectivity index (χ4n) is 2.40. The number of methoxy groups -OCH3 is 1. The number of anilines is 1. The van der Waals surface area contributed by atoms with Crippen LogP contribution in [0.3, 0.4) is 0 Å². The highest BCUT2D eigenvalue weighted by atomic mass is 35.5. The molecule has 26 heavy (non-hydrogen) atoms. The van der Waals surface area contributed by atoms with Gasteiger partial charge in [0.15, 0.2) is 5.11 Å². The van der Waals surface area contributed by atoms with Crippen LogP contribution in [-0.2, 0) is 6.54 Å². The second kappa shape index (κ2) is 10.0. The smallest absolute Gasteiger partial charge is 0.174 e. The van der Waals surface area contributed by atoms with E-state index in [0.717, 1.165) is 17.0 Å². The molecule has 0 saturated carbocycles. The summed E-state index contributed by atoms with van der Waals surface area (Å²) in [6.45, 7) is 7.51. The average Bonchev–Trinajstić information content (AvgIpc) is 2.65. The lowest BCUT2D eigenvalue weighted by Crippen LogP contribution is -2.39. The minimum Gasteiger partial charge on any atom is -0.495 e. The molecule has 2 aromatic carbocycles. The molecule has 0 spiro atoms. The molecule has 0 saturated heterocycles. The topological polar surface area (TPSA) is 33.7 Å². The van der Waals surface area contributed by atoms with E-state index >= 15 is 0 Å². The molecule has 0 aromatic heterocycles. The number of nitrogens with one attached hydrogen (secondary N) is 1. The van der Waals surface area contributed by atoms with Crippen LogP contribution in [0.4, 0.5) is 5.69 Å². The van der Waals surface area contributed by atoms with E-state index in [1.54, 1.807) is 13.2 Å². The molecule has 0 heterocycles. The molecule has 1 N–H and O–H groups in total. The van der Waals surface area contributed by atoms with Crippen molar-refractivity contribution in [2.75, 3.05) is 25.2 Å². The van der Waals surface area contributed by atoms with E-state index in [1.165, 1.54) is 0 Å². The van der Waals surface area contributed by atoms with Crippen molar-refractivity contribution in [3.63, 3.8) is 0 Å². The van der Waals surface area contributed by atoms with E-state index in [9.17, 15) is 0 Å². The number of thiocarbonyl (C=S) groups is 1. The van der Waals surface area contributed by atoms with Crippen LogP contribution in [0.5, 0.6) is 11.5 Å². The Labute approximate surface area is 165 Å². The van der Waals surface area contributed by atoms with Crippen LogP contribution in [0.2, 0.25) is 5.02 Å². The summed E-state index contributed by atoms with van der Waals surface area (Å²) >= 11 is 11.9. The van der Waals surface area contributed by atoms with E-state index in [2.05, 4.69) is 11.9 Å². The lowest BCUT2D eigenvalue weighted by molar-refractivity contribution is 0.340. The minimum atomic E-state index is 0.535. The summed E-state index contributed by atoms with van der Waals surface area (Å²) in [5, 5.41) is 4.30. The zero-order chi connectivity index (χ0) is 18.9. The number of nitrogens with zero attached hydrogens (tertiary/aromatic N) is 1. The Kier molecular flexibility index (Phi) is 7.75. The third-order valence-corrected chi connectivity index (χ3v) is 4.32. The Morgan fingerprint density at radius 1 is 1.27 bits per heavy atom. The van der Waals surface area contributed by atoms with Crippen molar-refractivity contribution in [3.05, 3.63) is 65.7 Å². The van der Waals surface area contributed by atoms with Crippen LogP contribution in [-0.4, -0.2) is 25.4 Å². The van der Waals surface area contributed by atoms with Gasteiger partial charge < -0.3 is 19.7 Å². The van der Waals surface area contributed by atoms with Crippen LogP contribution in [0.25, 0.3) is 0 Å². The van der Waals surface area contributed by atoms with Crippen molar-refractivity contribution in [2.45, 2.75) is 13.5 Å². The number of hydrogen-bond acceptors (Lipinski definition) is 3. The largest absolute Gasteiger partial charge is 0.495 e. The van der Waals surface area contributed by atoms with Gasteiger partial charge in [0.1, 0.15) is 11.5 Å². The maximum atomic E-state index is 6.29. The number of halogens is 1. The molecule has 0 atom stereocenters. The Balaban J connectivity index is 2.27. The second-order valence-electron chi connectivity index (χ2n) is 5.46. The Morgan fingerprint density at radius 2 is 2.00 bits per heavy atom. The first kappa shape index (κ1) is 20.1. The van der Waals surface area contributed by atoms with E-state index in [4.69, 9.17) is 33.3 Å². The first-order chi connectivity index (χ1) is 12.6. The number of rotatable bonds is 8. The van der Waals surface area contributed by atoms with Crippen molar-refractivity contribution in [1.29, 1.82) is 0 Å². The maximum absolute atomic E-state index is 6.29. The lowest BCUT2D eigenvalue weighted by Gasteiger charge is -2.26. The molecule has 0 bridgehead atoms. The Bertz CT molecular complexity index is 750. The van der Waals surface area contributed by atoms with Gasteiger partial charge in [0, 0.05) is 12.2 Å². The molecule has 4 nitrogen and oxygen atoms in total. The van der Waals surface area contributed by atoms with Crippen molar-refractivity contribution < 1.29 is 9.47 Å². The highest BCUT2D eigenvalue weighted by molar-refractivity contribution is 7.80. The van der Waals surface area contributed by atoms with Gasteiger partial charge in [-0.2, -0.15) is 0 Å². The molecule has 6 heteroatoms. The van der Waals surface area contributed by atoms with Gasteiger partial charge >= 0.3 is 0 Å². The van der Waals surface area contributed by atoms with Crippen molar-refractivity contribution in [1.82, 2.24) is 5.32 Å². The molecule has 0 fully saturated rings. The van der Waals surface area contributed by atoms with Gasteiger partial charge in [0.2, 0.25) is 0 Å². The van der Waals surface area contributed by atoms with Crippen LogP contribution in [0, 0.1) is 0 Å². The summed E-state index contributed by atoms with van der Waals surface area (Å²) < 4.78 is 10.7. The highest BCUT2D eigenvalue weighted by Crippen LogP contribution is 2.30. The van der Waals surface area contributed by atoms with E-state index < -0.39 is 0 Å². The SMILES string of the molecule is C=CCNC(=S)N(Cc1ccc(OCC)cc1)c1ccc(OC)c(Cl)c1. The molecule has 0 unspecified atom stereocenters. The van der Waals surface area contributed by atoms with Gasteiger partial charge in [0.25, 0.3) is 0 Å². The van der Waals surface area contributed by atoms with Crippen LogP contribution >= 0.6 is 23.8 Å². The molecule has 0 aliphatic rings. The monoisotopic (exact) mass is 390 g/mol. The summed E-state index contributed by atoms with van der Waals surface area (Å²) in [6, 6.07) is 13.6. The van der Waals surface area contributed by atoms with E-state index in [-0.39, 0.29) is 0 Å². The average molecular weight is 391 g/mol. The standard InChI is InChI=1S/C20H23ClN2O2S/c1-4-12-22-20(26)23(16-8-11-19(24-3)18(21)13-16)14-15-6-9-17(10-7-15)25-5-2/h4,6-11,13H,1,5,12,14H2,2-3H3,(H,22,26). The molecule has 0 radical (unpaired) electrons. The van der Waals surface area contributed by atoms with E-state index in [0.29, 0.717) is 35.6 Å². The molecular formula is C20H23ClN2O2S. The summed E-state index contributed by atoms with van der Waals surface area (Å²) in [7, 11) is 1.59. The third kappa shape index (κ3) is 5.38. The van der Waals surface area contributed by atoms with Gasteiger partial charge in [-0.15, -0.1) is 6.58 Å². The third-order valence-electron chi connectivity index (χ3n) is 3.66. The normalized spacial score (nSPS) is 10.1. The number of ether oxygens (including phenoxy) is 2. The molecular weight excluding hydrogens is 368 g/mol. The van der Waals surface area contributed by atoms with Crippen molar-refractivity contribution >= 4 is 34.6 Å². The maximum Gasteiger partial charge on any atom is 0.174 e. The van der Waals surface area contributed by atoms with Gasteiger partial charge in [-0.1, -0.05) is 29.8 Å². The van der Waals surface area contributed by atoms with Gasteiger partial charge in [-0.05, 0) is 55.0 Å². The predicted molar refractivity (Wildman–Crippen MR) is 113 cm³/mol. The zero-order valence-corrected chi connectivity index (χ0v) is 16.6. The summed E-state index contributed by atoms with van der Waals surface area (Å²) in [6.07, 6.45) is 1.77. The first-order valence-corrected chi connectivity index (χ1v) is 9.09. The zero-order valence-electron chi connectivity index (χ0n) is 15.0. The number of hydrogen-bond donors (Lipinski definition) is 1. The summed E-state index contributed by atoms with van der Waals surface area (Å²) in [5.41, 5.74) is 1.98. The second-order valence-corrected chi connectivity index (χ2v) is 6.25. The van der Waals surface area contributed by atoms with Crippen LogP contribution in [0.1, 0.15) is 12.5 Å². The molecule has 2 rings (SSSR count). The summed E-state index contributed by atoms with van der Waals surface area (Å²) in [4.78, 5) is 1.99.